The Labute approximate surface area is 243 Å². The number of nitrogens with one attached hydrogen (secondary N) is 1. The number of amides is 4. The molecule has 1 aromatic heterocycles. The van der Waals surface area contributed by atoms with E-state index < -0.39 is 24.1 Å². The van der Waals surface area contributed by atoms with E-state index in [1.165, 1.54) is 9.58 Å². The number of hydrogen-bond donors (Lipinski definition) is 3. The Morgan fingerprint density at radius 1 is 1.14 bits per heavy atom. The summed E-state index contributed by atoms with van der Waals surface area (Å²) in [5.41, 5.74) is 2.14. The van der Waals surface area contributed by atoms with Crippen LogP contribution in [-0.2, 0) is 20.9 Å². The zero-order valence-electron chi connectivity index (χ0n) is 23.1. The summed E-state index contributed by atoms with van der Waals surface area (Å²) in [6, 6.07) is 4.61. The van der Waals surface area contributed by atoms with Crippen molar-refractivity contribution in [2.75, 3.05) is 32.8 Å². The summed E-state index contributed by atoms with van der Waals surface area (Å²) in [6.07, 6.45) is -2.18. The summed E-state index contributed by atoms with van der Waals surface area (Å²) in [5.74, 6) is -3.97. The van der Waals surface area contributed by atoms with E-state index in [2.05, 4.69) is 20.5 Å². The highest BCUT2D eigenvalue weighted by atomic mass is 19.4. The number of piperidine rings is 1. The van der Waals surface area contributed by atoms with Gasteiger partial charge in [-0.2, -0.15) is 13.2 Å². The largest absolute Gasteiger partial charge is 0.490 e. The Kier molecular flexibility index (Phi) is 9.44. The number of fused-ring (bicyclic) bond motifs is 1. The van der Waals surface area contributed by atoms with Crippen molar-refractivity contribution in [3.05, 3.63) is 41.2 Å². The number of alkyl halides is 3. The first-order valence-corrected chi connectivity index (χ1v) is 13.4. The van der Waals surface area contributed by atoms with E-state index in [-0.39, 0.29) is 49.0 Å². The molecule has 17 heteroatoms. The topological polar surface area (TPSA) is 178 Å². The van der Waals surface area contributed by atoms with E-state index in [1.807, 2.05) is 13.0 Å². The van der Waals surface area contributed by atoms with Gasteiger partial charge in [0.1, 0.15) is 6.04 Å². The zero-order valence-corrected chi connectivity index (χ0v) is 23.1. The van der Waals surface area contributed by atoms with Crippen LogP contribution in [0.1, 0.15) is 52.6 Å². The predicted molar refractivity (Wildman–Crippen MR) is 140 cm³/mol. The fourth-order valence-corrected chi connectivity index (χ4v) is 5.05. The van der Waals surface area contributed by atoms with Gasteiger partial charge in [0.05, 0.1) is 18.5 Å². The molecule has 4 heterocycles. The Bertz CT molecular complexity index is 1410. The van der Waals surface area contributed by atoms with Crippen molar-refractivity contribution in [2.45, 2.75) is 51.0 Å². The minimum Gasteiger partial charge on any atom is -0.475 e. The molecule has 2 aromatic rings. The lowest BCUT2D eigenvalue weighted by Gasteiger charge is -2.29. The molecule has 0 spiro atoms. The molecule has 5 rings (SSSR count). The molecule has 2 atom stereocenters. The summed E-state index contributed by atoms with van der Waals surface area (Å²) in [7, 11) is 0. The lowest BCUT2D eigenvalue weighted by molar-refractivity contribution is -0.192. The maximum absolute atomic E-state index is 13.1. The Hall–Kier alpha value is -4.38. The number of halogens is 3. The number of carbonyl (C=O) groups excluding carboxylic acids is 4. The van der Waals surface area contributed by atoms with Gasteiger partial charge in [-0.1, -0.05) is 5.21 Å². The van der Waals surface area contributed by atoms with Crippen LogP contribution in [0.15, 0.2) is 24.4 Å². The maximum Gasteiger partial charge on any atom is 0.490 e. The van der Waals surface area contributed by atoms with Crippen LogP contribution in [-0.4, -0.2) is 121 Å². The van der Waals surface area contributed by atoms with Crippen LogP contribution < -0.4 is 5.32 Å². The molecule has 4 amide bonds. The molecular formula is C26H30F3N7O7. The predicted octanol–water partition coefficient (Wildman–Crippen LogP) is 0.190. The molecule has 2 unspecified atom stereocenters. The Morgan fingerprint density at radius 2 is 1.86 bits per heavy atom. The third-order valence-corrected chi connectivity index (χ3v) is 7.43. The molecule has 14 nitrogen and oxygen atoms in total. The van der Waals surface area contributed by atoms with Crippen molar-refractivity contribution in [1.29, 1.82) is 0 Å². The number of hydrogen-bond acceptors (Lipinski definition) is 9. The number of rotatable bonds is 5. The van der Waals surface area contributed by atoms with Gasteiger partial charge in [-0.05, 0) is 43.5 Å². The van der Waals surface area contributed by atoms with Gasteiger partial charge in [-0.15, -0.1) is 5.10 Å². The van der Waals surface area contributed by atoms with Crippen LogP contribution in [0.3, 0.4) is 0 Å². The summed E-state index contributed by atoms with van der Waals surface area (Å²) in [6.45, 7) is 4.97. The average Bonchev–Trinajstić information content (AvgIpc) is 3.49. The van der Waals surface area contributed by atoms with Crippen molar-refractivity contribution < 1.29 is 47.4 Å². The van der Waals surface area contributed by atoms with Gasteiger partial charge < -0.3 is 20.0 Å². The van der Waals surface area contributed by atoms with Gasteiger partial charge in [-0.3, -0.25) is 29.4 Å². The molecule has 232 valence electrons. The molecule has 3 N–H and O–H groups in total. The van der Waals surface area contributed by atoms with Crippen molar-refractivity contribution in [3.8, 4) is 5.69 Å². The fraction of sp³-hybridized carbons (Fsp3) is 0.500. The van der Waals surface area contributed by atoms with Crippen molar-refractivity contribution >= 4 is 29.6 Å². The minimum atomic E-state index is -5.08. The molecule has 2 saturated heterocycles. The third-order valence-electron chi connectivity index (χ3n) is 7.43. The van der Waals surface area contributed by atoms with Crippen molar-refractivity contribution in [1.82, 2.24) is 35.0 Å². The number of aliphatic hydroxyl groups is 1. The van der Waals surface area contributed by atoms with E-state index in [0.717, 1.165) is 18.5 Å². The number of imide groups is 1. The monoisotopic (exact) mass is 609 g/mol. The summed E-state index contributed by atoms with van der Waals surface area (Å²) in [4.78, 5) is 64.0. The lowest BCUT2D eigenvalue weighted by atomic mass is 10.0. The number of aliphatic hydroxyl groups excluding tert-OH is 1. The molecule has 3 aliphatic heterocycles. The molecule has 1 aromatic carbocycles. The quantitative estimate of drug-likeness (QED) is 0.397. The lowest BCUT2D eigenvalue weighted by Crippen LogP contribution is -2.52. The van der Waals surface area contributed by atoms with E-state index in [1.54, 1.807) is 23.2 Å². The highest BCUT2D eigenvalue weighted by molar-refractivity contribution is 6.05. The summed E-state index contributed by atoms with van der Waals surface area (Å²) < 4.78 is 33.2. The minimum absolute atomic E-state index is 0.0542. The van der Waals surface area contributed by atoms with E-state index in [9.17, 15) is 37.5 Å². The first-order valence-electron chi connectivity index (χ1n) is 13.4. The van der Waals surface area contributed by atoms with Gasteiger partial charge in [0.25, 0.3) is 11.8 Å². The van der Waals surface area contributed by atoms with E-state index in [0.29, 0.717) is 37.3 Å². The number of carboxylic acids is 1. The van der Waals surface area contributed by atoms with Gasteiger partial charge >= 0.3 is 12.1 Å². The summed E-state index contributed by atoms with van der Waals surface area (Å²) >= 11 is 0. The van der Waals surface area contributed by atoms with Crippen LogP contribution in [0, 0.1) is 0 Å². The molecular weight excluding hydrogens is 579 g/mol. The SMILES string of the molecule is CC(CO)N1CCCN(C(=O)c2cn(-c3ccc4c(c3)CN(C3CCC(=O)NC3=O)C4=O)nn2)CC1.O=C(O)C(F)(F)F. The van der Waals surface area contributed by atoms with Crippen LogP contribution in [0.5, 0.6) is 0 Å². The fourth-order valence-electron chi connectivity index (χ4n) is 5.05. The molecule has 0 bridgehead atoms. The number of aliphatic carboxylic acids is 1. The van der Waals surface area contributed by atoms with Crippen molar-refractivity contribution in [2.24, 2.45) is 0 Å². The normalized spacial score (nSPS) is 20.1. The van der Waals surface area contributed by atoms with E-state index in [4.69, 9.17) is 9.90 Å². The first-order chi connectivity index (χ1) is 20.3. The highest BCUT2D eigenvalue weighted by Crippen LogP contribution is 2.29. The smallest absolute Gasteiger partial charge is 0.475 e. The highest BCUT2D eigenvalue weighted by Gasteiger charge is 2.39. The van der Waals surface area contributed by atoms with Crippen molar-refractivity contribution in [3.63, 3.8) is 0 Å². The van der Waals surface area contributed by atoms with Gasteiger partial charge in [-0.25, -0.2) is 9.48 Å². The van der Waals surface area contributed by atoms with E-state index >= 15 is 0 Å². The van der Waals surface area contributed by atoms with Crippen LogP contribution in [0.25, 0.3) is 5.69 Å². The zero-order chi connectivity index (χ0) is 31.5. The van der Waals surface area contributed by atoms with Gasteiger partial charge in [0, 0.05) is 50.7 Å². The second-order valence-electron chi connectivity index (χ2n) is 10.3. The molecule has 3 aliphatic rings. The standard InChI is InChI=1S/C24H29N7O5.C2HF3O2/c1-15(14-32)28-7-2-8-29(10-9-28)24(36)19-13-31(27-26-19)17-3-4-18-16(11-17)12-30(23(18)35)20-5-6-21(33)25-22(20)34;3-2(4,5)1(6)7/h3-4,11,13,15,20,32H,2,5-10,12,14H2,1H3,(H,25,33,34);(H,6,7). The third kappa shape index (κ3) is 7.16. The Morgan fingerprint density at radius 3 is 2.51 bits per heavy atom. The van der Waals surface area contributed by atoms with Gasteiger partial charge in [0.2, 0.25) is 11.8 Å². The molecule has 0 radical (unpaired) electrons. The number of nitrogens with zero attached hydrogens (tertiary/aromatic N) is 6. The molecule has 2 fully saturated rings. The summed E-state index contributed by atoms with van der Waals surface area (Å²) in [5, 5.41) is 27.1. The van der Waals surface area contributed by atoms with Gasteiger partial charge in [0.15, 0.2) is 5.69 Å². The second kappa shape index (κ2) is 12.9. The average molecular weight is 610 g/mol. The number of carbonyl (C=O) groups is 5. The molecule has 43 heavy (non-hydrogen) atoms. The van der Waals surface area contributed by atoms with Crippen LogP contribution >= 0.6 is 0 Å². The first kappa shape index (κ1) is 31.6. The Balaban J connectivity index is 0.000000541. The molecule has 0 aliphatic carbocycles. The van der Waals surface area contributed by atoms with Crippen LogP contribution in [0.4, 0.5) is 13.2 Å². The second-order valence-corrected chi connectivity index (χ2v) is 10.3. The molecule has 0 saturated carbocycles. The van der Waals surface area contributed by atoms with Crippen LogP contribution in [0.2, 0.25) is 0 Å². The number of carboxylic acid groups (broad SMARTS) is 1. The number of benzene rings is 1. The number of aromatic nitrogens is 3. The maximum atomic E-state index is 13.1.